The van der Waals surface area contributed by atoms with Crippen LogP contribution in [0.2, 0.25) is 0 Å². The fraction of sp³-hybridized carbons (Fsp3) is 0.333. The molecule has 0 aliphatic heterocycles. The largest absolute Gasteiger partial charge is 0.445 e. The molecule has 0 fully saturated rings. The number of rotatable bonds is 8. The molecule has 0 unspecified atom stereocenters. The molecule has 1 rings (SSSR count). The summed E-state index contributed by atoms with van der Waals surface area (Å²) in [6, 6.07) is 9.37. The van der Waals surface area contributed by atoms with Gasteiger partial charge in [0.05, 0.1) is 6.61 Å². The van der Waals surface area contributed by atoms with Gasteiger partial charge in [-0.3, -0.25) is 0 Å². The monoisotopic (exact) mass is 277 g/mol. The van der Waals surface area contributed by atoms with E-state index in [1.807, 2.05) is 30.3 Å². The number of carbonyl (C=O) groups is 2. The summed E-state index contributed by atoms with van der Waals surface area (Å²) in [6.07, 6.45) is 3.74. The lowest BCUT2D eigenvalue weighted by Gasteiger charge is -2.19. The Labute approximate surface area is 118 Å². The number of aliphatic hydroxyl groups is 1. The molecule has 1 aromatic rings. The number of aliphatic hydroxyl groups excluding tert-OH is 1. The first-order valence-electron chi connectivity index (χ1n) is 6.43. The van der Waals surface area contributed by atoms with Crippen molar-refractivity contribution in [1.82, 2.24) is 4.90 Å². The van der Waals surface area contributed by atoms with Gasteiger partial charge in [0.2, 0.25) is 0 Å². The van der Waals surface area contributed by atoms with Gasteiger partial charge in [-0.1, -0.05) is 42.5 Å². The average molecular weight is 277 g/mol. The van der Waals surface area contributed by atoms with Crippen LogP contribution in [0.15, 0.2) is 42.5 Å². The number of aldehydes is 1. The van der Waals surface area contributed by atoms with Gasteiger partial charge in [0.15, 0.2) is 0 Å². The van der Waals surface area contributed by atoms with Crippen LogP contribution in [0.25, 0.3) is 0 Å². The molecule has 1 aromatic carbocycles. The Hall–Kier alpha value is -2.14. The van der Waals surface area contributed by atoms with Crippen molar-refractivity contribution in [3.63, 3.8) is 0 Å². The second kappa shape index (κ2) is 9.75. The van der Waals surface area contributed by atoms with Gasteiger partial charge in [-0.05, 0) is 5.56 Å². The van der Waals surface area contributed by atoms with Crippen LogP contribution in [0.1, 0.15) is 12.0 Å². The summed E-state index contributed by atoms with van der Waals surface area (Å²) < 4.78 is 5.19. The fourth-order valence-electron chi connectivity index (χ4n) is 1.55. The molecule has 5 heteroatoms. The van der Waals surface area contributed by atoms with Crippen LogP contribution >= 0.6 is 0 Å². The summed E-state index contributed by atoms with van der Waals surface area (Å²) in [7, 11) is 0. The highest BCUT2D eigenvalue weighted by Gasteiger charge is 2.13. The third-order valence-corrected chi connectivity index (χ3v) is 2.58. The molecule has 0 spiro atoms. The summed E-state index contributed by atoms with van der Waals surface area (Å²) in [4.78, 5) is 23.7. The van der Waals surface area contributed by atoms with Crippen LogP contribution < -0.4 is 0 Å². The molecule has 108 valence electrons. The van der Waals surface area contributed by atoms with Gasteiger partial charge in [-0.2, -0.15) is 0 Å². The number of hydrogen-bond acceptors (Lipinski definition) is 4. The van der Waals surface area contributed by atoms with Crippen LogP contribution in [-0.2, 0) is 16.1 Å². The van der Waals surface area contributed by atoms with Crippen LogP contribution in [0.4, 0.5) is 4.79 Å². The van der Waals surface area contributed by atoms with E-state index in [0.717, 1.165) is 11.8 Å². The zero-order chi connectivity index (χ0) is 14.6. The van der Waals surface area contributed by atoms with E-state index in [2.05, 4.69) is 0 Å². The average Bonchev–Trinajstić information content (AvgIpc) is 2.49. The molecule has 0 heterocycles. The number of benzene rings is 1. The number of nitrogens with zero attached hydrogens (tertiary/aromatic N) is 1. The Morgan fingerprint density at radius 1 is 1.25 bits per heavy atom. The highest BCUT2D eigenvalue weighted by molar-refractivity contribution is 5.68. The molecule has 0 atom stereocenters. The van der Waals surface area contributed by atoms with Crippen molar-refractivity contribution in [2.24, 2.45) is 0 Å². The van der Waals surface area contributed by atoms with E-state index in [1.165, 1.54) is 4.90 Å². The van der Waals surface area contributed by atoms with Crippen LogP contribution in [0, 0.1) is 0 Å². The molecule has 0 aliphatic rings. The summed E-state index contributed by atoms with van der Waals surface area (Å²) in [5, 5.41) is 8.67. The van der Waals surface area contributed by atoms with E-state index < -0.39 is 6.09 Å². The SMILES string of the molecule is O=CCCN(C/C=C\CO)C(=O)OCc1ccccc1. The zero-order valence-corrected chi connectivity index (χ0v) is 11.3. The van der Waals surface area contributed by atoms with E-state index in [1.54, 1.807) is 12.2 Å². The van der Waals surface area contributed by atoms with Gasteiger partial charge in [0.1, 0.15) is 12.9 Å². The number of ether oxygens (including phenoxy) is 1. The summed E-state index contributed by atoms with van der Waals surface area (Å²) in [5.74, 6) is 0. The second-order valence-electron chi connectivity index (χ2n) is 4.10. The molecular weight excluding hydrogens is 258 g/mol. The first-order valence-corrected chi connectivity index (χ1v) is 6.43. The molecule has 0 bridgehead atoms. The second-order valence-corrected chi connectivity index (χ2v) is 4.10. The maximum Gasteiger partial charge on any atom is 0.410 e. The Kier molecular flexibility index (Phi) is 7.76. The van der Waals surface area contributed by atoms with E-state index in [-0.39, 0.29) is 19.6 Å². The Bertz CT molecular complexity index is 431. The minimum Gasteiger partial charge on any atom is -0.445 e. The predicted octanol–water partition coefficient (Wildman–Crippen LogP) is 1.76. The van der Waals surface area contributed by atoms with Gasteiger partial charge in [-0.15, -0.1) is 0 Å². The highest BCUT2D eigenvalue weighted by Crippen LogP contribution is 2.04. The number of hydrogen-bond donors (Lipinski definition) is 1. The summed E-state index contributed by atoms with van der Waals surface area (Å²) >= 11 is 0. The Balaban J connectivity index is 2.48. The van der Waals surface area contributed by atoms with Crippen LogP contribution in [-0.4, -0.2) is 42.1 Å². The van der Waals surface area contributed by atoms with Crippen LogP contribution in [0.5, 0.6) is 0 Å². The summed E-state index contributed by atoms with van der Waals surface area (Å²) in [6.45, 7) is 0.719. The standard InChI is InChI=1S/C15H19NO4/c17-11-5-4-9-16(10-6-12-18)15(19)20-13-14-7-2-1-3-8-14/h1-5,7-8,12,17H,6,9-11,13H2/b5-4-. The molecule has 0 aliphatic carbocycles. The maximum atomic E-state index is 11.9. The molecule has 0 radical (unpaired) electrons. The van der Waals surface area contributed by atoms with E-state index in [9.17, 15) is 9.59 Å². The minimum atomic E-state index is -0.474. The molecule has 0 aromatic heterocycles. The topological polar surface area (TPSA) is 66.8 Å². The lowest BCUT2D eigenvalue weighted by Crippen LogP contribution is -2.32. The van der Waals surface area contributed by atoms with Crippen molar-refractivity contribution in [2.45, 2.75) is 13.0 Å². The van der Waals surface area contributed by atoms with Crippen molar-refractivity contribution in [3.8, 4) is 0 Å². The minimum absolute atomic E-state index is 0.0828. The normalized spacial score (nSPS) is 10.4. The van der Waals surface area contributed by atoms with Gasteiger partial charge in [-0.25, -0.2) is 4.79 Å². The molecule has 0 saturated heterocycles. The number of amides is 1. The van der Waals surface area contributed by atoms with Crippen molar-refractivity contribution in [2.75, 3.05) is 19.7 Å². The lowest BCUT2D eigenvalue weighted by atomic mass is 10.2. The molecule has 1 amide bonds. The molecule has 1 N–H and O–H groups in total. The maximum absolute atomic E-state index is 11.9. The third kappa shape index (κ3) is 6.15. The first kappa shape index (κ1) is 15.9. The molecular formula is C15H19NO4. The highest BCUT2D eigenvalue weighted by atomic mass is 16.6. The summed E-state index contributed by atoms with van der Waals surface area (Å²) in [5.41, 5.74) is 0.905. The van der Waals surface area contributed by atoms with E-state index in [4.69, 9.17) is 9.84 Å². The smallest absolute Gasteiger partial charge is 0.410 e. The quantitative estimate of drug-likeness (QED) is 0.581. The molecule has 5 nitrogen and oxygen atoms in total. The Morgan fingerprint density at radius 2 is 2.00 bits per heavy atom. The van der Waals surface area contributed by atoms with Crippen molar-refractivity contribution in [1.29, 1.82) is 0 Å². The lowest BCUT2D eigenvalue weighted by molar-refractivity contribution is -0.108. The van der Waals surface area contributed by atoms with E-state index >= 15 is 0 Å². The fourth-order valence-corrected chi connectivity index (χ4v) is 1.55. The molecule has 0 saturated carbocycles. The van der Waals surface area contributed by atoms with Crippen LogP contribution in [0.3, 0.4) is 0 Å². The first-order chi connectivity index (χ1) is 9.77. The third-order valence-electron chi connectivity index (χ3n) is 2.58. The van der Waals surface area contributed by atoms with Gasteiger partial charge in [0, 0.05) is 19.5 Å². The number of carbonyl (C=O) groups excluding carboxylic acids is 2. The van der Waals surface area contributed by atoms with Gasteiger partial charge >= 0.3 is 6.09 Å². The van der Waals surface area contributed by atoms with Crippen molar-refractivity contribution >= 4 is 12.4 Å². The molecule has 20 heavy (non-hydrogen) atoms. The zero-order valence-electron chi connectivity index (χ0n) is 11.3. The predicted molar refractivity (Wildman–Crippen MR) is 75.1 cm³/mol. The van der Waals surface area contributed by atoms with Gasteiger partial charge < -0.3 is 19.5 Å². The van der Waals surface area contributed by atoms with Crippen molar-refractivity contribution in [3.05, 3.63) is 48.0 Å². The van der Waals surface area contributed by atoms with Gasteiger partial charge in [0.25, 0.3) is 0 Å². The Morgan fingerprint density at radius 3 is 2.65 bits per heavy atom. The van der Waals surface area contributed by atoms with Crippen molar-refractivity contribution < 1.29 is 19.4 Å². The van der Waals surface area contributed by atoms with E-state index in [0.29, 0.717) is 13.1 Å².